The molecule has 3 rings (SSSR count). The van der Waals surface area contributed by atoms with Gasteiger partial charge < -0.3 is 4.57 Å². The molecule has 26 heavy (non-hydrogen) atoms. The summed E-state index contributed by atoms with van der Waals surface area (Å²) in [7, 11) is -3.52. The van der Waals surface area contributed by atoms with E-state index in [-0.39, 0.29) is 15.9 Å². The van der Waals surface area contributed by atoms with Gasteiger partial charge in [-0.25, -0.2) is 8.42 Å². The molecule has 1 aromatic carbocycles. The van der Waals surface area contributed by atoms with Gasteiger partial charge in [0.2, 0.25) is 10.0 Å². The average Bonchev–Trinajstić information content (AvgIpc) is 3.12. The maximum absolute atomic E-state index is 12.7. The Kier molecular flexibility index (Phi) is 5.08. The molecule has 1 aromatic heterocycles. The van der Waals surface area contributed by atoms with Gasteiger partial charge in [0.15, 0.2) is 0 Å². The number of aromatic nitrogens is 1. The summed E-state index contributed by atoms with van der Waals surface area (Å²) in [5.74, 6) is 0. The summed E-state index contributed by atoms with van der Waals surface area (Å²) < 4.78 is 28.4. The minimum absolute atomic E-state index is 0.0685. The van der Waals surface area contributed by atoms with E-state index < -0.39 is 10.0 Å². The summed E-state index contributed by atoms with van der Waals surface area (Å²) in [4.78, 5) is 12.4. The highest BCUT2D eigenvalue weighted by Gasteiger charge is 2.27. The van der Waals surface area contributed by atoms with Crippen LogP contribution in [0.15, 0.2) is 52.3 Å². The van der Waals surface area contributed by atoms with E-state index in [4.69, 9.17) is 0 Å². The summed E-state index contributed by atoms with van der Waals surface area (Å²) >= 11 is 0. The van der Waals surface area contributed by atoms with Crippen molar-refractivity contribution in [2.45, 2.75) is 50.5 Å². The smallest absolute Gasteiger partial charge is 0.250 e. The van der Waals surface area contributed by atoms with Gasteiger partial charge in [-0.15, -0.1) is 0 Å². The molecule has 0 spiro atoms. The Labute approximate surface area is 155 Å². The van der Waals surface area contributed by atoms with Crippen LogP contribution in [0.5, 0.6) is 0 Å². The van der Waals surface area contributed by atoms with Crippen LogP contribution in [-0.2, 0) is 22.0 Å². The van der Waals surface area contributed by atoms with Gasteiger partial charge in [0, 0.05) is 25.4 Å². The fourth-order valence-corrected chi connectivity index (χ4v) is 4.71. The highest BCUT2D eigenvalue weighted by atomic mass is 32.2. The number of nitrogens with zero attached hydrogens (tertiary/aromatic N) is 2. The van der Waals surface area contributed by atoms with Crippen LogP contribution in [0.2, 0.25) is 0 Å². The molecule has 0 saturated carbocycles. The zero-order valence-electron chi connectivity index (χ0n) is 15.6. The monoisotopic (exact) mass is 374 g/mol. The first kappa shape index (κ1) is 18.9. The van der Waals surface area contributed by atoms with E-state index in [1.54, 1.807) is 0 Å². The van der Waals surface area contributed by atoms with E-state index in [1.807, 2.05) is 12.1 Å². The molecule has 140 valence electrons. The first-order chi connectivity index (χ1) is 12.2. The van der Waals surface area contributed by atoms with Crippen molar-refractivity contribution in [2.75, 3.05) is 13.1 Å². The van der Waals surface area contributed by atoms with Crippen molar-refractivity contribution in [2.24, 2.45) is 0 Å². The number of sulfonamides is 1. The predicted molar refractivity (Wildman–Crippen MR) is 103 cm³/mol. The first-order valence-corrected chi connectivity index (χ1v) is 10.4. The lowest BCUT2D eigenvalue weighted by Gasteiger charge is -2.19. The Hall–Kier alpha value is -1.92. The Bertz CT molecular complexity index is 932. The molecule has 6 heteroatoms. The van der Waals surface area contributed by atoms with Gasteiger partial charge in [-0.1, -0.05) is 45.0 Å². The molecule has 0 N–H and O–H groups in total. The van der Waals surface area contributed by atoms with E-state index in [0.717, 1.165) is 18.4 Å². The number of pyridine rings is 1. The number of benzene rings is 1. The summed E-state index contributed by atoms with van der Waals surface area (Å²) in [6.07, 6.45) is 3.24. The van der Waals surface area contributed by atoms with Crippen molar-refractivity contribution in [3.8, 4) is 0 Å². The minimum atomic E-state index is -3.52. The molecular formula is C20H26N2O3S. The normalized spacial score (nSPS) is 16.1. The number of hydrogen-bond acceptors (Lipinski definition) is 3. The first-order valence-electron chi connectivity index (χ1n) is 8.98. The molecule has 0 unspecified atom stereocenters. The van der Waals surface area contributed by atoms with Gasteiger partial charge in [0.1, 0.15) is 0 Å². The van der Waals surface area contributed by atoms with Crippen LogP contribution in [0.25, 0.3) is 0 Å². The maximum Gasteiger partial charge on any atom is 0.250 e. The SMILES string of the molecule is CC(C)(C)c1ccc(Cn2cc(S(=O)(=O)N3CCCC3)ccc2=O)cc1. The molecule has 1 aliphatic rings. The van der Waals surface area contributed by atoms with Gasteiger partial charge >= 0.3 is 0 Å². The highest BCUT2D eigenvalue weighted by molar-refractivity contribution is 7.89. The van der Waals surface area contributed by atoms with Crippen molar-refractivity contribution in [1.29, 1.82) is 0 Å². The van der Waals surface area contributed by atoms with Gasteiger partial charge in [0.05, 0.1) is 11.4 Å². The molecular weight excluding hydrogens is 348 g/mol. The van der Waals surface area contributed by atoms with Crippen LogP contribution in [0, 0.1) is 0 Å². The topological polar surface area (TPSA) is 59.4 Å². The van der Waals surface area contributed by atoms with Gasteiger partial charge in [-0.05, 0) is 35.4 Å². The van der Waals surface area contributed by atoms with Crippen molar-refractivity contribution < 1.29 is 8.42 Å². The van der Waals surface area contributed by atoms with Crippen molar-refractivity contribution in [3.05, 3.63) is 64.1 Å². The van der Waals surface area contributed by atoms with Crippen LogP contribution in [0.3, 0.4) is 0 Å². The molecule has 2 heterocycles. The Morgan fingerprint density at radius 1 is 0.962 bits per heavy atom. The quantitative estimate of drug-likeness (QED) is 0.827. The van der Waals surface area contributed by atoms with Crippen molar-refractivity contribution >= 4 is 10.0 Å². The van der Waals surface area contributed by atoms with Gasteiger partial charge in [-0.3, -0.25) is 4.79 Å². The summed E-state index contributed by atoms with van der Waals surface area (Å²) in [6.45, 7) is 7.91. The van der Waals surface area contributed by atoms with E-state index in [9.17, 15) is 13.2 Å². The van der Waals surface area contributed by atoms with Gasteiger partial charge in [-0.2, -0.15) is 4.31 Å². The summed E-state index contributed by atoms with van der Waals surface area (Å²) in [6, 6.07) is 10.9. The Balaban J connectivity index is 1.88. The fraction of sp³-hybridized carbons (Fsp3) is 0.450. The highest BCUT2D eigenvalue weighted by Crippen LogP contribution is 2.23. The number of rotatable bonds is 4. The fourth-order valence-electron chi connectivity index (χ4n) is 3.17. The van der Waals surface area contributed by atoms with Crippen LogP contribution in [0.4, 0.5) is 0 Å². The molecule has 0 atom stereocenters. The minimum Gasteiger partial charge on any atom is -0.310 e. The lowest BCUT2D eigenvalue weighted by molar-refractivity contribution is 0.476. The standard InChI is InChI=1S/C20H26N2O3S/c1-20(2,3)17-8-6-16(7-9-17)14-21-15-18(10-11-19(21)23)26(24,25)22-12-4-5-13-22/h6-11,15H,4-5,12-14H2,1-3H3. The summed E-state index contributed by atoms with van der Waals surface area (Å²) in [5, 5.41) is 0. The zero-order valence-corrected chi connectivity index (χ0v) is 16.4. The van der Waals surface area contributed by atoms with Crippen LogP contribution < -0.4 is 5.56 Å². The summed E-state index contributed by atoms with van der Waals surface area (Å²) in [5.41, 5.74) is 2.05. The molecule has 5 nitrogen and oxygen atoms in total. The maximum atomic E-state index is 12.7. The molecule has 0 amide bonds. The third-order valence-corrected chi connectivity index (χ3v) is 6.71. The van der Waals surface area contributed by atoms with Crippen LogP contribution in [0.1, 0.15) is 44.7 Å². The third kappa shape index (κ3) is 3.91. The van der Waals surface area contributed by atoms with Crippen LogP contribution in [-0.4, -0.2) is 30.4 Å². The average molecular weight is 375 g/mol. The molecule has 2 aromatic rings. The molecule has 1 fully saturated rings. The van der Waals surface area contributed by atoms with Crippen LogP contribution >= 0.6 is 0 Å². The number of hydrogen-bond donors (Lipinski definition) is 0. The molecule has 0 aliphatic carbocycles. The second-order valence-electron chi connectivity index (χ2n) is 7.89. The molecule has 0 bridgehead atoms. The largest absolute Gasteiger partial charge is 0.310 e. The van der Waals surface area contributed by atoms with E-state index >= 15 is 0 Å². The van der Waals surface area contributed by atoms with E-state index in [2.05, 4.69) is 32.9 Å². The lowest BCUT2D eigenvalue weighted by atomic mass is 9.87. The van der Waals surface area contributed by atoms with E-state index in [1.165, 1.54) is 32.8 Å². The van der Waals surface area contributed by atoms with Crippen molar-refractivity contribution in [1.82, 2.24) is 8.87 Å². The molecule has 1 saturated heterocycles. The second-order valence-corrected chi connectivity index (χ2v) is 9.83. The van der Waals surface area contributed by atoms with Crippen molar-refractivity contribution in [3.63, 3.8) is 0 Å². The van der Waals surface area contributed by atoms with E-state index in [0.29, 0.717) is 19.6 Å². The Morgan fingerprint density at radius 2 is 1.58 bits per heavy atom. The Morgan fingerprint density at radius 3 is 2.15 bits per heavy atom. The van der Waals surface area contributed by atoms with Gasteiger partial charge in [0.25, 0.3) is 5.56 Å². The lowest BCUT2D eigenvalue weighted by Crippen LogP contribution is -2.29. The predicted octanol–water partition coefficient (Wildman–Crippen LogP) is 2.98. The molecule has 1 aliphatic heterocycles. The molecule has 0 radical (unpaired) electrons. The zero-order chi connectivity index (χ0) is 18.9. The third-order valence-electron chi connectivity index (χ3n) is 4.83. The second kappa shape index (κ2) is 7.00.